The summed E-state index contributed by atoms with van der Waals surface area (Å²) in [6, 6.07) is 4.55. The Labute approximate surface area is 254 Å². The number of unbranched alkanes of at least 4 members (excludes halogenated alkanes) is 5. The van der Waals surface area contributed by atoms with Gasteiger partial charge in [-0.05, 0) is 70.4 Å². The minimum Gasteiger partial charge on any atom is -0.465 e. The number of rotatable bonds is 16. The number of benzene rings is 1. The van der Waals surface area contributed by atoms with Crippen LogP contribution in [0.2, 0.25) is 5.02 Å². The van der Waals surface area contributed by atoms with Crippen LogP contribution in [-0.2, 0) is 23.9 Å². The van der Waals surface area contributed by atoms with Gasteiger partial charge in [0.1, 0.15) is 17.6 Å². The van der Waals surface area contributed by atoms with Crippen LogP contribution < -0.4 is 4.90 Å². The predicted octanol–water partition coefficient (Wildman–Crippen LogP) is 5.38. The lowest BCUT2D eigenvalue weighted by atomic mass is 9.66. The quantitative estimate of drug-likeness (QED) is 0.155. The summed E-state index contributed by atoms with van der Waals surface area (Å²) in [7, 11) is 0. The first kappa shape index (κ1) is 32.2. The van der Waals surface area contributed by atoms with Crippen LogP contribution in [0, 0.1) is 18.8 Å². The van der Waals surface area contributed by atoms with E-state index in [1.54, 1.807) is 21.9 Å². The molecule has 2 amide bonds. The summed E-state index contributed by atoms with van der Waals surface area (Å²) in [6.45, 7) is 12.3. The van der Waals surface area contributed by atoms with Crippen molar-refractivity contribution in [3.8, 4) is 0 Å². The maximum Gasteiger partial charge on any atom is 0.312 e. The molecule has 1 spiro atoms. The Morgan fingerprint density at radius 2 is 1.93 bits per heavy atom. The van der Waals surface area contributed by atoms with Crippen LogP contribution in [0.25, 0.3) is 0 Å². The zero-order valence-corrected chi connectivity index (χ0v) is 25.7. The van der Waals surface area contributed by atoms with Gasteiger partial charge in [0.2, 0.25) is 5.91 Å². The van der Waals surface area contributed by atoms with E-state index in [2.05, 4.69) is 13.2 Å². The molecule has 3 saturated heterocycles. The number of esters is 1. The Balaban J connectivity index is 1.69. The first-order valence-electron chi connectivity index (χ1n) is 15.2. The second kappa shape index (κ2) is 13.7. The van der Waals surface area contributed by atoms with Crippen LogP contribution in [-0.4, -0.2) is 71.3 Å². The van der Waals surface area contributed by atoms with E-state index in [0.29, 0.717) is 49.4 Å². The molecule has 2 bridgehead atoms. The molecule has 0 aromatic heterocycles. The number of amides is 2. The minimum absolute atomic E-state index is 0.118. The highest BCUT2D eigenvalue weighted by atomic mass is 35.5. The molecule has 5 atom stereocenters. The van der Waals surface area contributed by atoms with Crippen molar-refractivity contribution in [3.05, 3.63) is 54.1 Å². The third-order valence-corrected chi connectivity index (χ3v) is 9.46. The highest BCUT2D eigenvalue weighted by Gasteiger charge is 2.78. The molecule has 3 aliphatic rings. The molecule has 3 aliphatic heterocycles. The third-order valence-electron chi connectivity index (χ3n) is 9.15. The van der Waals surface area contributed by atoms with Gasteiger partial charge in [0.05, 0.1) is 28.8 Å². The van der Waals surface area contributed by atoms with Crippen molar-refractivity contribution in [2.24, 2.45) is 11.8 Å². The molecule has 4 rings (SSSR count). The highest BCUT2D eigenvalue weighted by molar-refractivity contribution is 6.34. The van der Waals surface area contributed by atoms with Gasteiger partial charge in [-0.2, -0.15) is 0 Å². The fourth-order valence-corrected chi connectivity index (χ4v) is 7.56. The third kappa shape index (κ3) is 5.90. The van der Waals surface area contributed by atoms with Crippen molar-refractivity contribution in [2.45, 2.75) is 88.9 Å². The lowest BCUT2D eigenvalue weighted by Crippen LogP contribution is -2.56. The van der Waals surface area contributed by atoms with Crippen LogP contribution in [0.4, 0.5) is 5.69 Å². The summed E-state index contributed by atoms with van der Waals surface area (Å²) in [5.41, 5.74) is -0.634. The number of likely N-dealkylation sites (tertiary alicyclic amines) is 1. The van der Waals surface area contributed by atoms with Crippen molar-refractivity contribution in [1.82, 2.24) is 4.90 Å². The summed E-state index contributed by atoms with van der Waals surface area (Å²) in [5, 5.41) is 9.62. The Morgan fingerprint density at radius 1 is 1.17 bits per heavy atom. The molecule has 1 N–H and O–H groups in total. The summed E-state index contributed by atoms with van der Waals surface area (Å²) < 4.78 is 12.5. The Morgan fingerprint density at radius 3 is 2.62 bits per heavy atom. The number of ether oxygens (including phenoxy) is 2. The van der Waals surface area contributed by atoms with E-state index in [0.717, 1.165) is 31.2 Å². The summed E-state index contributed by atoms with van der Waals surface area (Å²) in [6.07, 6.45) is 9.91. The first-order chi connectivity index (χ1) is 20.2. The number of halogens is 1. The van der Waals surface area contributed by atoms with Crippen LogP contribution >= 0.6 is 11.6 Å². The number of fused-ring (bicyclic) bond motifs is 1. The largest absolute Gasteiger partial charge is 0.465 e. The number of anilines is 1. The van der Waals surface area contributed by atoms with E-state index >= 15 is 0 Å². The van der Waals surface area contributed by atoms with E-state index in [-0.39, 0.29) is 31.6 Å². The molecule has 1 aromatic carbocycles. The van der Waals surface area contributed by atoms with Crippen molar-refractivity contribution >= 4 is 35.1 Å². The molecule has 1 aromatic rings. The number of hydrogen-bond acceptors (Lipinski definition) is 6. The van der Waals surface area contributed by atoms with Gasteiger partial charge in [-0.15, -0.1) is 13.2 Å². The van der Waals surface area contributed by atoms with Crippen LogP contribution in [0.3, 0.4) is 0 Å². The number of aliphatic hydroxyl groups excluding tert-OH is 1. The number of carbonyl (C=O) groups is 3. The molecule has 42 heavy (non-hydrogen) atoms. The van der Waals surface area contributed by atoms with Gasteiger partial charge in [-0.25, -0.2) is 0 Å². The molecular formula is C33H45ClN2O6. The number of allylic oxidation sites excluding steroid dienone is 1. The molecule has 0 aliphatic carbocycles. The van der Waals surface area contributed by atoms with Gasteiger partial charge in [-0.1, -0.05) is 48.7 Å². The number of carbonyl (C=O) groups excluding carboxylic acids is 3. The van der Waals surface area contributed by atoms with E-state index in [1.807, 2.05) is 32.1 Å². The second-order valence-electron chi connectivity index (χ2n) is 12.0. The van der Waals surface area contributed by atoms with Crippen LogP contribution in [0.1, 0.15) is 70.3 Å². The highest BCUT2D eigenvalue weighted by Crippen LogP contribution is 2.63. The van der Waals surface area contributed by atoms with Gasteiger partial charge in [0.25, 0.3) is 5.91 Å². The molecule has 3 fully saturated rings. The van der Waals surface area contributed by atoms with Gasteiger partial charge in [0.15, 0.2) is 0 Å². The molecule has 9 heteroatoms. The Hall–Kier alpha value is -2.68. The standard InChI is InChI=1S/C33H45ClN2O6/c1-5-7-8-13-22-41-31(40)26-25-29(38)36(20-11-9-10-12-21-37)28(33(25)18-17-32(26,4)42-33)30(39)35(19-6-2)27-23(3)15-14-16-24(27)34/h5-6,14-16,25-26,28,37H,1-2,7-13,17-22H2,3-4H3/t25-,26+,28?,32-,33?/m0/s1. The average molecular weight is 601 g/mol. The van der Waals surface area contributed by atoms with E-state index in [9.17, 15) is 19.5 Å². The first-order valence-corrected chi connectivity index (χ1v) is 15.6. The maximum atomic E-state index is 14.7. The lowest BCUT2D eigenvalue weighted by molar-refractivity contribution is -0.159. The number of para-hydroxylation sites is 1. The van der Waals surface area contributed by atoms with Crippen LogP contribution in [0.5, 0.6) is 0 Å². The SMILES string of the molecule is C=CCCCCOC(=O)[C@H]1[C@H]2C(=O)N(CCCCCCO)C(C(=O)N(CC=C)c3c(C)cccc3Cl)C23CC[C@]1(C)O3. The smallest absolute Gasteiger partial charge is 0.312 e. The fraction of sp³-hybridized carbons (Fsp3) is 0.606. The zero-order chi connectivity index (χ0) is 30.5. The monoisotopic (exact) mass is 600 g/mol. The molecule has 0 radical (unpaired) electrons. The molecular weight excluding hydrogens is 556 g/mol. The Bertz CT molecular complexity index is 1170. The van der Waals surface area contributed by atoms with Crippen LogP contribution in [0.15, 0.2) is 43.5 Å². The fourth-order valence-electron chi connectivity index (χ4n) is 7.24. The number of nitrogens with zero attached hydrogens (tertiary/aromatic N) is 2. The molecule has 0 saturated carbocycles. The van der Waals surface area contributed by atoms with Gasteiger partial charge in [0, 0.05) is 19.7 Å². The summed E-state index contributed by atoms with van der Waals surface area (Å²) in [4.78, 5) is 45.8. The normalized spacial score (nSPS) is 27.7. The van der Waals surface area contributed by atoms with Crippen molar-refractivity contribution in [2.75, 3.05) is 31.2 Å². The minimum atomic E-state index is -1.14. The van der Waals surface area contributed by atoms with Gasteiger partial charge in [-0.3, -0.25) is 14.4 Å². The van der Waals surface area contributed by atoms with E-state index in [1.165, 1.54) is 0 Å². The average Bonchev–Trinajstić information content (AvgIpc) is 3.52. The van der Waals surface area contributed by atoms with Crippen molar-refractivity contribution in [3.63, 3.8) is 0 Å². The molecule has 2 unspecified atom stereocenters. The second-order valence-corrected chi connectivity index (χ2v) is 12.4. The van der Waals surface area contributed by atoms with Crippen molar-refractivity contribution in [1.29, 1.82) is 0 Å². The van der Waals surface area contributed by atoms with Gasteiger partial charge >= 0.3 is 5.97 Å². The summed E-state index contributed by atoms with van der Waals surface area (Å²) >= 11 is 6.64. The number of aliphatic hydroxyl groups is 1. The number of hydrogen-bond donors (Lipinski definition) is 1. The van der Waals surface area contributed by atoms with E-state index in [4.69, 9.17) is 21.1 Å². The van der Waals surface area contributed by atoms with E-state index < -0.39 is 35.0 Å². The zero-order valence-electron chi connectivity index (χ0n) is 25.0. The lowest BCUT2D eigenvalue weighted by Gasteiger charge is -2.37. The topological polar surface area (TPSA) is 96.4 Å². The van der Waals surface area contributed by atoms with Gasteiger partial charge < -0.3 is 24.4 Å². The molecule has 230 valence electrons. The predicted molar refractivity (Wildman–Crippen MR) is 163 cm³/mol. The molecule has 3 heterocycles. The molecule has 8 nitrogen and oxygen atoms in total. The van der Waals surface area contributed by atoms with Crippen molar-refractivity contribution < 1.29 is 29.0 Å². The number of aryl methyl sites for hydroxylation is 1. The summed E-state index contributed by atoms with van der Waals surface area (Å²) in [5.74, 6) is -2.55. The maximum absolute atomic E-state index is 14.7. The Kier molecular flexibility index (Phi) is 10.5.